The van der Waals surface area contributed by atoms with Gasteiger partial charge in [-0.05, 0) is 52.7 Å². The first kappa shape index (κ1) is 20.2. The zero-order chi connectivity index (χ0) is 20.1. The summed E-state index contributed by atoms with van der Waals surface area (Å²) in [6, 6.07) is 12.5. The number of amides is 2. The second-order valence-corrected chi connectivity index (χ2v) is 7.72. The number of benzene rings is 2. The molecule has 9 heteroatoms. The van der Waals surface area contributed by atoms with Crippen LogP contribution in [0.2, 0.25) is 0 Å². The van der Waals surface area contributed by atoms with E-state index in [4.69, 9.17) is 0 Å². The van der Waals surface area contributed by atoms with E-state index >= 15 is 0 Å². The van der Waals surface area contributed by atoms with Crippen molar-refractivity contribution in [1.29, 1.82) is 0 Å². The number of carbonyl (C=O) groups excluding carboxylic acids is 2. The molecule has 2 aromatic carbocycles. The topological polar surface area (TPSA) is 107 Å². The molecular formula is C19H16Br2N4O3. The van der Waals surface area contributed by atoms with Gasteiger partial charge in [-0.2, -0.15) is 0 Å². The molecular weight excluding hydrogens is 492 g/mol. The molecule has 3 N–H and O–H groups in total. The smallest absolute Gasteiger partial charge is 0.264 e. The lowest BCUT2D eigenvalue weighted by molar-refractivity contribution is -0.118. The van der Waals surface area contributed by atoms with Crippen molar-refractivity contribution in [2.75, 3.05) is 6.54 Å². The van der Waals surface area contributed by atoms with Crippen LogP contribution in [0.5, 0.6) is 5.88 Å². The SMILES string of the molecule is O=C(CCCNC(=O)c1ccccc1Br)N=Nc1c(O)[nH]c2ccc(Br)cc12. The highest BCUT2D eigenvalue weighted by molar-refractivity contribution is 9.10. The van der Waals surface area contributed by atoms with Gasteiger partial charge in [0, 0.05) is 27.3 Å². The minimum absolute atomic E-state index is 0.131. The summed E-state index contributed by atoms with van der Waals surface area (Å²) in [5.74, 6) is -0.792. The van der Waals surface area contributed by atoms with Crippen molar-refractivity contribution in [1.82, 2.24) is 10.3 Å². The minimum atomic E-state index is -0.432. The summed E-state index contributed by atoms with van der Waals surface area (Å²) in [4.78, 5) is 26.8. The highest BCUT2D eigenvalue weighted by atomic mass is 79.9. The number of fused-ring (bicyclic) bond motifs is 1. The van der Waals surface area contributed by atoms with Gasteiger partial charge < -0.3 is 15.4 Å². The number of rotatable bonds is 6. The number of halogens is 2. The number of hydrogen-bond donors (Lipinski definition) is 3. The Bertz CT molecular complexity index is 1060. The molecule has 0 saturated heterocycles. The summed E-state index contributed by atoms with van der Waals surface area (Å²) in [7, 11) is 0. The number of aromatic nitrogens is 1. The van der Waals surface area contributed by atoms with E-state index in [1.807, 2.05) is 12.1 Å². The van der Waals surface area contributed by atoms with E-state index in [0.29, 0.717) is 33.9 Å². The van der Waals surface area contributed by atoms with E-state index in [1.54, 1.807) is 30.3 Å². The molecule has 3 aromatic rings. The molecule has 1 heterocycles. The van der Waals surface area contributed by atoms with Crippen LogP contribution < -0.4 is 5.32 Å². The summed E-state index contributed by atoms with van der Waals surface area (Å²) < 4.78 is 1.53. The first-order chi connectivity index (χ1) is 13.5. The molecule has 0 radical (unpaired) electrons. The van der Waals surface area contributed by atoms with E-state index < -0.39 is 5.91 Å². The Kier molecular flexibility index (Phi) is 6.58. The van der Waals surface area contributed by atoms with Gasteiger partial charge in [0.25, 0.3) is 11.8 Å². The highest BCUT2D eigenvalue weighted by Crippen LogP contribution is 2.36. The Morgan fingerprint density at radius 1 is 1.14 bits per heavy atom. The number of aromatic amines is 1. The fraction of sp³-hybridized carbons (Fsp3) is 0.158. The molecule has 28 heavy (non-hydrogen) atoms. The summed E-state index contributed by atoms with van der Waals surface area (Å²) in [5, 5.41) is 20.9. The third-order valence-corrected chi connectivity index (χ3v) is 5.13. The summed E-state index contributed by atoms with van der Waals surface area (Å²) in [6.45, 7) is 0.340. The number of nitrogens with one attached hydrogen (secondary N) is 2. The standard InChI is InChI=1S/C19H16Br2N4O3/c20-11-7-8-15-13(10-11)17(19(28)23-15)25-24-16(26)6-3-9-22-18(27)12-4-1-2-5-14(12)21/h1-2,4-5,7-8,10,23,28H,3,6,9H2,(H,22,27). The maximum atomic E-state index is 12.1. The van der Waals surface area contributed by atoms with E-state index in [2.05, 4.69) is 52.4 Å². The first-order valence-corrected chi connectivity index (χ1v) is 10.0. The van der Waals surface area contributed by atoms with Gasteiger partial charge in [0.2, 0.25) is 5.88 Å². The van der Waals surface area contributed by atoms with Crippen molar-refractivity contribution < 1.29 is 14.7 Å². The van der Waals surface area contributed by atoms with Crippen LogP contribution in [0, 0.1) is 0 Å². The molecule has 0 bridgehead atoms. The molecule has 0 atom stereocenters. The maximum absolute atomic E-state index is 12.1. The van der Waals surface area contributed by atoms with Crippen molar-refractivity contribution in [3.8, 4) is 5.88 Å². The third kappa shape index (κ3) is 4.85. The number of aromatic hydroxyl groups is 1. The van der Waals surface area contributed by atoms with Crippen molar-refractivity contribution in [3.05, 3.63) is 57.0 Å². The molecule has 0 aliphatic heterocycles. The summed E-state index contributed by atoms with van der Waals surface area (Å²) in [5.41, 5.74) is 1.44. The van der Waals surface area contributed by atoms with Gasteiger partial charge in [-0.15, -0.1) is 10.2 Å². The van der Waals surface area contributed by atoms with Gasteiger partial charge in [0.05, 0.1) is 11.1 Å². The van der Waals surface area contributed by atoms with E-state index in [0.717, 1.165) is 4.47 Å². The third-order valence-electron chi connectivity index (χ3n) is 3.95. The second kappa shape index (κ2) is 9.11. The van der Waals surface area contributed by atoms with Gasteiger partial charge >= 0.3 is 0 Å². The largest absolute Gasteiger partial charge is 0.493 e. The van der Waals surface area contributed by atoms with E-state index in [9.17, 15) is 14.7 Å². The zero-order valence-corrected chi connectivity index (χ0v) is 17.7. The monoisotopic (exact) mass is 506 g/mol. The second-order valence-electron chi connectivity index (χ2n) is 5.95. The molecule has 2 amide bonds. The van der Waals surface area contributed by atoms with Crippen LogP contribution in [0.4, 0.5) is 5.69 Å². The Morgan fingerprint density at radius 3 is 2.71 bits per heavy atom. The van der Waals surface area contributed by atoms with Gasteiger partial charge in [-0.25, -0.2) is 0 Å². The van der Waals surface area contributed by atoms with Crippen LogP contribution in [0.3, 0.4) is 0 Å². The Balaban J connectivity index is 1.52. The van der Waals surface area contributed by atoms with Crippen molar-refractivity contribution in [2.45, 2.75) is 12.8 Å². The summed E-state index contributed by atoms with van der Waals surface area (Å²) >= 11 is 6.69. The number of carbonyl (C=O) groups is 2. The lowest BCUT2D eigenvalue weighted by atomic mass is 10.2. The highest BCUT2D eigenvalue weighted by Gasteiger charge is 2.12. The fourth-order valence-corrected chi connectivity index (χ4v) is 3.40. The molecule has 0 aliphatic carbocycles. The molecule has 3 rings (SSSR count). The Morgan fingerprint density at radius 2 is 1.93 bits per heavy atom. The van der Waals surface area contributed by atoms with Crippen LogP contribution in [0.15, 0.2) is 61.6 Å². The first-order valence-electron chi connectivity index (χ1n) is 8.43. The maximum Gasteiger partial charge on any atom is 0.264 e. The predicted molar refractivity (Wildman–Crippen MR) is 113 cm³/mol. The number of azo groups is 1. The summed E-state index contributed by atoms with van der Waals surface area (Å²) in [6.07, 6.45) is 0.562. The van der Waals surface area contributed by atoms with Crippen molar-refractivity contribution in [2.24, 2.45) is 10.2 Å². The molecule has 0 saturated carbocycles. The van der Waals surface area contributed by atoms with Crippen LogP contribution in [0.1, 0.15) is 23.2 Å². The molecule has 7 nitrogen and oxygen atoms in total. The Hall–Kier alpha value is -2.52. The van der Waals surface area contributed by atoms with Gasteiger partial charge in [-0.3, -0.25) is 9.59 Å². The van der Waals surface area contributed by atoms with Gasteiger partial charge in [0.1, 0.15) is 0 Å². The Labute approximate surface area is 177 Å². The molecule has 0 fully saturated rings. The average Bonchev–Trinajstić information content (AvgIpc) is 2.98. The zero-order valence-electron chi connectivity index (χ0n) is 14.6. The number of H-pyrrole nitrogens is 1. The molecule has 0 spiro atoms. The van der Waals surface area contributed by atoms with E-state index in [1.165, 1.54) is 0 Å². The lowest BCUT2D eigenvalue weighted by Crippen LogP contribution is -2.25. The molecule has 144 valence electrons. The van der Waals surface area contributed by atoms with Crippen molar-refractivity contribution >= 4 is 60.3 Å². The van der Waals surface area contributed by atoms with Gasteiger partial charge in [-0.1, -0.05) is 28.1 Å². The predicted octanol–water partition coefficient (Wildman–Crippen LogP) is 5.22. The molecule has 0 aliphatic rings. The number of hydrogen-bond acceptors (Lipinski definition) is 4. The lowest BCUT2D eigenvalue weighted by Gasteiger charge is -2.05. The van der Waals surface area contributed by atoms with Crippen LogP contribution in [-0.4, -0.2) is 28.4 Å². The van der Waals surface area contributed by atoms with Crippen LogP contribution >= 0.6 is 31.9 Å². The fourth-order valence-electron chi connectivity index (χ4n) is 2.57. The minimum Gasteiger partial charge on any atom is -0.493 e. The molecule has 1 aromatic heterocycles. The van der Waals surface area contributed by atoms with Crippen LogP contribution in [0.25, 0.3) is 10.9 Å². The molecule has 0 unspecified atom stereocenters. The average molecular weight is 508 g/mol. The van der Waals surface area contributed by atoms with Crippen LogP contribution in [-0.2, 0) is 4.79 Å². The van der Waals surface area contributed by atoms with Crippen molar-refractivity contribution in [3.63, 3.8) is 0 Å². The quantitative estimate of drug-likeness (QED) is 0.314. The normalized spacial score (nSPS) is 11.2. The van der Waals surface area contributed by atoms with E-state index in [-0.39, 0.29) is 23.9 Å². The number of nitrogens with zero attached hydrogens (tertiary/aromatic N) is 2. The van der Waals surface area contributed by atoms with Gasteiger partial charge in [0.15, 0.2) is 5.69 Å².